The first-order valence-electron chi connectivity index (χ1n) is 6.41. The number of benzene rings is 1. The van der Waals surface area contributed by atoms with Gasteiger partial charge >= 0.3 is 0 Å². The summed E-state index contributed by atoms with van der Waals surface area (Å²) in [6, 6.07) is 6.37. The van der Waals surface area contributed by atoms with E-state index in [1.54, 1.807) is 12.1 Å². The summed E-state index contributed by atoms with van der Waals surface area (Å²) in [5.41, 5.74) is 6.00. The molecule has 0 saturated carbocycles. The van der Waals surface area contributed by atoms with E-state index < -0.39 is 17.2 Å². The van der Waals surface area contributed by atoms with Crippen LogP contribution in [0, 0.1) is 11.6 Å². The lowest BCUT2D eigenvalue weighted by atomic mass is 10.2. The number of pyridine rings is 1. The summed E-state index contributed by atoms with van der Waals surface area (Å²) in [7, 11) is 0. The molecular weight excluding hydrogens is 276 g/mol. The smallest absolute Gasteiger partial charge is 0.239 e. The molecule has 112 valence electrons. The van der Waals surface area contributed by atoms with E-state index in [0.717, 1.165) is 6.07 Å². The highest BCUT2D eigenvalue weighted by atomic mass is 19.1. The SMILES string of the molecule is CC(C)(C)Oc1nc(Nc2cc(F)cc(F)c2)ccc1N. The van der Waals surface area contributed by atoms with Crippen molar-refractivity contribution < 1.29 is 13.5 Å². The first kappa shape index (κ1) is 15.0. The third kappa shape index (κ3) is 4.30. The van der Waals surface area contributed by atoms with Gasteiger partial charge in [-0.15, -0.1) is 0 Å². The van der Waals surface area contributed by atoms with Crippen LogP contribution in [0.1, 0.15) is 20.8 Å². The molecule has 0 saturated heterocycles. The Hall–Kier alpha value is -2.37. The fourth-order valence-electron chi connectivity index (χ4n) is 1.67. The number of nitrogens with zero attached hydrogens (tertiary/aromatic N) is 1. The fourth-order valence-corrected chi connectivity index (χ4v) is 1.67. The maximum atomic E-state index is 13.2. The van der Waals surface area contributed by atoms with E-state index >= 15 is 0 Å². The van der Waals surface area contributed by atoms with E-state index in [2.05, 4.69) is 10.3 Å². The lowest BCUT2D eigenvalue weighted by molar-refractivity contribution is 0.125. The number of hydrogen-bond donors (Lipinski definition) is 2. The number of halogens is 2. The zero-order valence-electron chi connectivity index (χ0n) is 12.1. The van der Waals surface area contributed by atoms with E-state index in [9.17, 15) is 8.78 Å². The van der Waals surface area contributed by atoms with Gasteiger partial charge in [-0.2, -0.15) is 4.98 Å². The molecule has 2 aromatic rings. The number of nitrogens with two attached hydrogens (primary N) is 1. The maximum absolute atomic E-state index is 13.2. The highest BCUT2D eigenvalue weighted by molar-refractivity contribution is 5.60. The van der Waals surface area contributed by atoms with Crippen LogP contribution in [0.5, 0.6) is 5.88 Å². The average Bonchev–Trinajstić information content (AvgIpc) is 2.30. The molecule has 1 aromatic heterocycles. The molecule has 0 fully saturated rings. The third-order valence-corrected chi connectivity index (χ3v) is 2.43. The minimum absolute atomic E-state index is 0.256. The molecule has 21 heavy (non-hydrogen) atoms. The van der Waals surface area contributed by atoms with Gasteiger partial charge in [0.15, 0.2) is 0 Å². The molecule has 0 spiro atoms. The minimum Gasteiger partial charge on any atom is -0.470 e. The molecule has 1 aromatic carbocycles. The van der Waals surface area contributed by atoms with E-state index in [-0.39, 0.29) is 11.6 Å². The zero-order valence-corrected chi connectivity index (χ0v) is 12.1. The number of hydrogen-bond acceptors (Lipinski definition) is 4. The molecule has 3 N–H and O–H groups in total. The normalized spacial score (nSPS) is 11.3. The summed E-state index contributed by atoms with van der Waals surface area (Å²) in [5.74, 6) is -0.684. The maximum Gasteiger partial charge on any atom is 0.239 e. The molecule has 0 unspecified atom stereocenters. The summed E-state index contributed by atoms with van der Waals surface area (Å²) < 4.78 is 31.9. The predicted octanol–water partition coefficient (Wildman–Crippen LogP) is 3.86. The molecular formula is C15H17F2N3O. The van der Waals surface area contributed by atoms with Crippen molar-refractivity contribution in [1.29, 1.82) is 0 Å². The van der Waals surface area contributed by atoms with Gasteiger partial charge in [-0.05, 0) is 45.0 Å². The van der Waals surface area contributed by atoms with E-state index in [4.69, 9.17) is 10.5 Å². The van der Waals surface area contributed by atoms with Gasteiger partial charge in [0.05, 0.1) is 5.69 Å². The number of nitrogens with one attached hydrogen (secondary N) is 1. The fraction of sp³-hybridized carbons (Fsp3) is 0.267. The Morgan fingerprint density at radius 2 is 1.71 bits per heavy atom. The van der Waals surface area contributed by atoms with Crippen LogP contribution in [0.3, 0.4) is 0 Å². The number of rotatable bonds is 3. The zero-order chi connectivity index (χ0) is 15.6. The first-order valence-corrected chi connectivity index (χ1v) is 6.41. The van der Waals surface area contributed by atoms with Gasteiger partial charge in [-0.3, -0.25) is 0 Å². The Bertz CT molecular complexity index is 634. The van der Waals surface area contributed by atoms with Crippen LogP contribution >= 0.6 is 0 Å². The summed E-state index contributed by atoms with van der Waals surface area (Å²) >= 11 is 0. The summed E-state index contributed by atoms with van der Waals surface area (Å²) in [6.45, 7) is 5.61. The van der Waals surface area contributed by atoms with E-state index in [1.807, 2.05) is 20.8 Å². The van der Waals surface area contributed by atoms with Crippen LogP contribution in [-0.4, -0.2) is 10.6 Å². The van der Waals surface area contributed by atoms with E-state index in [0.29, 0.717) is 11.5 Å². The highest BCUT2D eigenvalue weighted by Gasteiger charge is 2.15. The van der Waals surface area contributed by atoms with Crippen molar-refractivity contribution in [2.24, 2.45) is 0 Å². The minimum atomic E-state index is -0.667. The van der Waals surface area contributed by atoms with Gasteiger partial charge < -0.3 is 15.8 Å². The molecule has 0 aliphatic heterocycles. The second-order valence-corrected chi connectivity index (χ2v) is 5.59. The Morgan fingerprint density at radius 1 is 1.10 bits per heavy atom. The Morgan fingerprint density at radius 3 is 2.29 bits per heavy atom. The Labute approximate surface area is 122 Å². The topological polar surface area (TPSA) is 60.2 Å². The van der Waals surface area contributed by atoms with Crippen molar-refractivity contribution in [2.45, 2.75) is 26.4 Å². The van der Waals surface area contributed by atoms with Gasteiger partial charge in [0.2, 0.25) is 5.88 Å². The first-order chi connectivity index (χ1) is 9.73. The van der Waals surface area contributed by atoms with Gasteiger partial charge in [-0.25, -0.2) is 8.78 Å². The molecule has 6 heteroatoms. The van der Waals surface area contributed by atoms with Crippen LogP contribution in [-0.2, 0) is 0 Å². The van der Waals surface area contributed by atoms with Gasteiger partial charge in [-0.1, -0.05) is 0 Å². The van der Waals surface area contributed by atoms with Crippen LogP contribution in [0.4, 0.5) is 26.0 Å². The molecule has 0 aliphatic rings. The molecule has 0 amide bonds. The van der Waals surface area contributed by atoms with Crippen molar-refractivity contribution in [1.82, 2.24) is 4.98 Å². The van der Waals surface area contributed by atoms with Crippen LogP contribution < -0.4 is 15.8 Å². The molecule has 4 nitrogen and oxygen atoms in total. The quantitative estimate of drug-likeness (QED) is 0.902. The number of ether oxygens (including phenoxy) is 1. The molecule has 2 rings (SSSR count). The lowest BCUT2D eigenvalue weighted by Gasteiger charge is -2.21. The molecule has 0 aliphatic carbocycles. The molecule has 0 atom stereocenters. The number of aromatic nitrogens is 1. The number of nitrogen functional groups attached to an aromatic ring is 1. The van der Waals surface area contributed by atoms with Crippen LogP contribution in [0.15, 0.2) is 30.3 Å². The van der Waals surface area contributed by atoms with Crippen molar-refractivity contribution in [3.63, 3.8) is 0 Å². The standard InChI is InChI=1S/C15H17F2N3O/c1-15(2,3)21-14-12(18)4-5-13(20-14)19-11-7-9(16)6-10(17)8-11/h4-8H,18H2,1-3H3,(H,19,20). The Kier molecular flexibility index (Phi) is 3.97. The Balaban J connectivity index is 2.26. The monoisotopic (exact) mass is 293 g/mol. The molecule has 0 bridgehead atoms. The second kappa shape index (κ2) is 5.55. The van der Waals surface area contributed by atoms with E-state index in [1.165, 1.54) is 12.1 Å². The second-order valence-electron chi connectivity index (χ2n) is 5.59. The largest absolute Gasteiger partial charge is 0.470 e. The average molecular weight is 293 g/mol. The van der Waals surface area contributed by atoms with Gasteiger partial charge in [0, 0.05) is 11.8 Å². The summed E-state index contributed by atoms with van der Waals surface area (Å²) in [6.07, 6.45) is 0. The van der Waals surface area contributed by atoms with Crippen LogP contribution in [0.25, 0.3) is 0 Å². The lowest BCUT2D eigenvalue weighted by Crippen LogP contribution is -2.24. The molecule has 0 radical (unpaired) electrons. The predicted molar refractivity (Wildman–Crippen MR) is 78.7 cm³/mol. The van der Waals surface area contributed by atoms with Crippen LogP contribution in [0.2, 0.25) is 0 Å². The summed E-state index contributed by atoms with van der Waals surface area (Å²) in [5, 5.41) is 2.81. The van der Waals surface area contributed by atoms with Gasteiger partial charge in [0.25, 0.3) is 0 Å². The van der Waals surface area contributed by atoms with Gasteiger partial charge in [0.1, 0.15) is 23.1 Å². The number of anilines is 3. The highest BCUT2D eigenvalue weighted by Crippen LogP contribution is 2.26. The van der Waals surface area contributed by atoms with Crippen molar-refractivity contribution in [3.8, 4) is 5.88 Å². The van der Waals surface area contributed by atoms with Crippen molar-refractivity contribution in [2.75, 3.05) is 11.1 Å². The third-order valence-electron chi connectivity index (χ3n) is 2.43. The van der Waals surface area contributed by atoms with Crippen molar-refractivity contribution >= 4 is 17.2 Å². The summed E-state index contributed by atoms with van der Waals surface area (Å²) in [4.78, 5) is 4.21. The molecule has 1 heterocycles. The van der Waals surface area contributed by atoms with Crippen molar-refractivity contribution in [3.05, 3.63) is 42.0 Å².